The average Bonchev–Trinajstić information content (AvgIpc) is 3.41. The van der Waals surface area contributed by atoms with Gasteiger partial charge in [0.15, 0.2) is 17.2 Å². The molecule has 0 radical (unpaired) electrons. The number of nitrogens with one attached hydrogen (secondary N) is 1. The van der Waals surface area contributed by atoms with Gasteiger partial charge in [0.25, 0.3) is 11.8 Å². The SMILES string of the molecule is O=C(NC1CCN(C(=O)c2ccco2)CC1)c1cc(-c2cccnc2)on1. The Hall–Kier alpha value is -3.42. The highest BCUT2D eigenvalue weighted by molar-refractivity contribution is 5.93. The number of hydrogen-bond donors (Lipinski definition) is 1. The van der Waals surface area contributed by atoms with Crippen LogP contribution in [0.4, 0.5) is 0 Å². The topological polar surface area (TPSA) is 101 Å². The Bertz CT molecular complexity index is 912. The first-order valence-electron chi connectivity index (χ1n) is 8.71. The van der Waals surface area contributed by atoms with E-state index < -0.39 is 0 Å². The van der Waals surface area contributed by atoms with Crippen LogP contribution in [0.15, 0.2) is 57.9 Å². The second-order valence-corrected chi connectivity index (χ2v) is 6.34. The molecule has 138 valence electrons. The van der Waals surface area contributed by atoms with Crippen LogP contribution in [-0.4, -0.2) is 46.0 Å². The number of aromatic nitrogens is 2. The second-order valence-electron chi connectivity index (χ2n) is 6.34. The van der Waals surface area contributed by atoms with Crippen LogP contribution in [0.25, 0.3) is 11.3 Å². The van der Waals surface area contributed by atoms with Gasteiger partial charge < -0.3 is 19.2 Å². The summed E-state index contributed by atoms with van der Waals surface area (Å²) in [7, 11) is 0. The fraction of sp³-hybridized carbons (Fsp3) is 0.263. The molecular formula is C19H18N4O4. The van der Waals surface area contributed by atoms with E-state index in [2.05, 4.69) is 15.5 Å². The van der Waals surface area contributed by atoms with E-state index in [1.165, 1.54) is 6.26 Å². The van der Waals surface area contributed by atoms with Crippen molar-refractivity contribution in [1.29, 1.82) is 0 Å². The summed E-state index contributed by atoms with van der Waals surface area (Å²) in [6, 6.07) is 8.55. The fourth-order valence-corrected chi connectivity index (χ4v) is 3.07. The quantitative estimate of drug-likeness (QED) is 0.761. The van der Waals surface area contributed by atoms with Gasteiger partial charge in [-0.05, 0) is 37.1 Å². The summed E-state index contributed by atoms with van der Waals surface area (Å²) in [5, 5.41) is 6.80. The first-order valence-corrected chi connectivity index (χ1v) is 8.71. The molecule has 1 aliphatic rings. The fourth-order valence-electron chi connectivity index (χ4n) is 3.07. The maximum Gasteiger partial charge on any atom is 0.289 e. The first-order chi connectivity index (χ1) is 13.2. The zero-order valence-corrected chi connectivity index (χ0v) is 14.5. The van der Waals surface area contributed by atoms with Gasteiger partial charge in [0.05, 0.1) is 6.26 Å². The second kappa shape index (κ2) is 7.45. The smallest absolute Gasteiger partial charge is 0.289 e. The first kappa shape index (κ1) is 17.0. The standard InChI is InChI=1S/C19H18N4O4/c24-18(15-11-17(27-22-15)13-3-1-7-20-12-13)21-14-5-8-23(9-6-14)19(25)16-4-2-10-26-16/h1-4,7,10-12,14H,5-6,8-9H2,(H,21,24). The highest BCUT2D eigenvalue weighted by atomic mass is 16.5. The molecule has 1 N–H and O–H groups in total. The molecule has 8 heteroatoms. The number of likely N-dealkylation sites (tertiary alicyclic amines) is 1. The maximum absolute atomic E-state index is 12.4. The third kappa shape index (κ3) is 3.74. The number of carbonyl (C=O) groups is 2. The molecule has 0 bridgehead atoms. The number of furan rings is 1. The average molecular weight is 366 g/mol. The van der Waals surface area contributed by atoms with Crippen LogP contribution in [0.1, 0.15) is 33.9 Å². The molecule has 4 heterocycles. The minimum absolute atomic E-state index is 0.0170. The summed E-state index contributed by atoms with van der Waals surface area (Å²) in [4.78, 5) is 30.4. The van der Waals surface area contributed by atoms with Crippen LogP contribution >= 0.6 is 0 Å². The molecule has 27 heavy (non-hydrogen) atoms. The Balaban J connectivity index is 1.32. The number of pyridine rings is 1. The van der Waals surface area contributed by atoms with Gasteiger partial charge in [-0.1, -0.05) is 5.16 Å². The van der Waals surface area contributed by atoms with Gasteiger partial charge in [-0.2, -0.15) is 0 Å². The minimum Gasteiger partial charge on any atom is -0.459 e. The molecule has 0 unspecified atom stereocenters. The summed E-state index contributed by atoms with van der Waals surface area (Å²) in [6.45, 7) is 1.12. The van der Waals surface area contributed by atoms with Crippen LogP contribution in [-0.2, 0) is 0 Å². The molecule has 0 spiro atoms. The molecule has 0 aromatic carbocycles. The molecule has 3 aromatic rings. The zero-order chi connectivity index (χ0) is 18.6. The molecule has 8 nitrogen and oxygen atoms in total. The molecule has 3 aromatic heterocycles. The van der Waals surface area contributed by atoms with Crippen LogP contribution in [0.2, 0.25) is 0 Å². The van der Waals surface area contributed by atoms with Crippen molar-refractivity contribution >= 4 is 11.8 Å². The predicted molar refractivity (Wildman–Crippen MR) is 94.8 cm³/mol. The van der Waals surface area contributed by atoms with E-state index in [1.807, 2.05) is 6.07 Å². The number of rotatable bonds is 4. The van der Waals surface area contributed by atoms with Crippen molar-refractivity contribution in [3.8, 4) is 11.3 Å². The number of hydrogen-bond acceptors (Lipinski definition) is 6. The summed E-state index contributed by atoms with van der Waals surface area (Å²) in [5.41, 5.74) is 0.983. The highest BCUT2D eigenvalue weighted by Gasteiger charge is 2.26. The lowest BCUT2D eigenvalue weighted by Gasteiger charge is -2.31. The summed E-state index contributed by atoms with van der Waals surface area (Å²) in [6.07, 6.45) is 6.14. The van der Waals surface area contributed by atoms with Gasteiger partial charge >= 0.3 is 0 Å². The molecule has 1 aliphatic heterocycles. The molecule has 4 rings (SSSR count). The van der Waals surface area contributed by atoms with Crippen molar-refractivity contribution < 1.29 is 18.5 Å². The van der Waals surface area contributed by atoms with E-state index >= 15 is 0 Å². The van der Waals surface area contributed by atoms with Gasteiger partial charge in [-0.3, -0.25) is 14.6 Å². The van der Waals surface area contributed by atoms with E-state index in [4.69, 9.17) is 8.94 Å². The monoisotopic (exact) mass is 366 g/mol. The minimum atomic E-state index is -0.287. The molecule has 0 saturated carbocycles. The van der Waals surface area contributed by atoms with E-state index in [-0.39, 0.29) is 23.6 Å². The van der Waals surface area contributed by atoms with Gasteiger partial charge in [-0.25, -0.2) is 0 Å². The molecule has 1 saturated heterocycles. The number of nitrogens with zero attached hydrogens (tertiary/aromatic N) is 3. The number of piperidine rings is 1. The van der Waals surface area contributed by atoms with E-state index in [0.717, 1.165) is 5.56 Å². The number of amides is 2. The van der Waals surface area contributed by atoms with Crippen molar-refractivity contribution in [3.05, 3.63) is 60.4 Å². The third-order valence-electron chi connectivity index (χ3n) is 4.54. The zero-order valence-electron chi connectivity index (χ0n) is 14.5. The molecule has 2 amide bonds. The lowest BCUT2D eigenvalue weighted by molar-refractivity contribution is 0.0667. The van der Waals surface area contributed by atoms with E-state index in [0.29, 0.717) is 37.5 Å². The van der Waals surface area contributed by atoms with E-state index in [9.17, 15) is 9.59 Å². The predicted octanol–water partition coefficient (Wildman–Crippen LogP) is 2.36. The van der Waals surface area contributed by atoms with Crippen LogP contribution in [0.5, 0.6) is 0 Å². The molecular weight excluding hydrogens is 348 g/mol. The Labute approximate surface area is 155 Å². The van der Waals surface area contributed by atoms with Crippen LogP contribution < -0.4 is 5.32 Å². The Morgan fingerprint density at radius 1 is 1.19 bits per heavy atom. The third-order valence-corrected chi connectivity index (χ3v) is 4.54. The van der Waals surface area contributed by atoms with Crippen molar-refractivity contribution in [3.63, 3.8) is 0 Å². The normalized spacial score (nSPS) is 14.9. The van der Waals surface area contributed by atoms with Gasteiger partial charge in [0.2, 0.25) is 0 Å². The Kier molecular flexibility index (Phi) is 4.69. The Morgan fingerprint density at radius 2 is 2.04 bits per heavy atom. The lowest BCUT2D eigenvalue weighted by atomic mass is 10.0. The van der Waals surface area contributed by atoms with Crippen molar-refractivity contribution in [1.82, 2.24) is 20.4 Å². The lowest BCUT2D eigenvalue weighted by Crippen LogP contribution is -2.46. The Morgan fingerprint density at radius 3 is 2.74 bits per heavy atom. The highest BCUT2D eigenvalue weighted by Crippen LogP contribution is 2.19. The summed E-state index contributed by atoms with van der Waals surface area (Å²) in [5.74, 6) is 0.419. The maximum atomic E-state index is 12.4. The van der Waals surface area contributed by atoms with Crippen LogP contribution in [0, 0.1) is 0 Å². The van der Waals surface area contributed by atoms with Gasteiger partial charge in [0.1, 0.15) is 0 Å². The summed E-state index contributed by atoms with van der Waals surface area (Å²) >= 11 is 0. The van der Waals surface area contributed by atoms with Crippen molar-refractivity contribution in [2.24, 2.45) is 0 Å². The van der Waals surface area contributed by atoms with Crippen molar-refractivity contribution in [2.75, 3.05) is 13.1 Å². The number of carbonyl (C=O) groups excluding carboxylic acids is 2. The van der Waals surface area contributed by atoms with Crippen LogP contribution in [0.3, 0.4) is 0 Å². The molecule has 1 fully saturated rings. The molecule has 0 aliphatic carbocycles. The summed E-state index contributed by atoms with van der Waals surface area (Å²) < 4.78 is 10.4. The van der Waals surface area contributed by atoms with E-state index in [1.54, 1.807) is 41.6 Å². The van der Waals surface area contributed by atoms with Gasteiger partial charge in [-0.15, -0.1) is 0 Å². The molecule has 0 atom stereocenters. The largest absolute Gasteiger partial charge is 0.459 e. The van der Waals surface area contributed by atoms with Gasteiger partial charge in [0, 0.05) is 43.2 Å². The van der Waals surface area contributed by atoms with Crippen molar-refractivity contribution in [2.45, 2.75) is 18.9 Å².